The molecule has 4 rings (SSSR count). The summed E-state index contributed by atoms with van der Waals surface area (Å²) in [6.07, 6.45) is 1.59. The number of aromatic nitrogens is 2. The number of halogens is 1. The number of hydrogen-bond acceptors (Lipinski definition) is 5. The number of carbonyl (C=O) groups is 1. The van der Waals surface area contributed by atoms with Gasteiger partial charge in [0.05, 0.1) is 5.52 Å². The van der Waals surface area contributed by atoms with Crippen molar-refractivity contribution in [1.29, 1.82) is 0 Å². The van der Waals surface area contributed by atoms with E-state index in [-0.39, 0.29) is 5.91 Å². The number of anilines is 1. The van der Waals surface area contributed by atoms with Crippen LogP contribution in [0.5, 0.6) is 0 Å². The van der Waals surface area contributed by atoms with E-state index in [4.69, 9.17) is 17.3 Å². The number of piperazine rings is 1. The third-order valence-electron chi connectivity index (χ3n) is 5.26. The Kier molecular flexibility index (Phi) is 4.91. The van der Waals surface area contributed by atoms with Gasteiger partial charge < -0.3 is 15.5 Å². The topological polar surface area (TPSA) is 75.4 Å². The van der Waals surface area contributed by atoms with Gasteiger partial charge in [-0.15, -0.1) is 0 Å². The summed E-state index contributed by atoms with van der Waals surface area (Å²) in [7, 11) is 0. The maximum Gasteiger partial charge on any atom is 0.247 e. The molecule has 0 saturated carbocycles. The predicted octanol–water partition coefficient (Wildman–Crippen LogP) is 2.81. The van der Waals surface area contributed by atoms with E-state index in [1.807, 2.05) is 41.3 Å². The monoisotopic (exact) mass is 395 g/mol. The summed E-state index contributed by atoms with van der Waals surface area (Å²) >= 11 is 6.08. The van der Waals surface area contributed by atoms with Crippen LogP contribution >= 0.6 is 11.6 Å². The Hall–Kier alpha value is -2.70. The molecule has 2 aromatic carbocycles. The molecule has 0 radical (unpaired) electrons. The third-order valence-corrected chi connectivity index (χ3v) is 5.49. The van der Waals surface area contributed by atoms with Gasteiger partial charge in [-0.3, -0.25) is 4.79 Å². The molecule has 28 heavy (non-hydrogen) atoms. The van der Waals surface area contributed by atoms with Gasteiger partial charge in [0.1, 0.15) is 17.7 Å². The molecule has 1 amide bonds. The molecule has 1 atom stereocenters. The van der Waals surface area contributed by atoms with Crippen molar-refractivity contribution >= 4 is 34.2 Å². The molecule has 6 nitrogen and oxygen atoms in total. The van der Waals surface area contributed by atoms with E-state index in [0.29, 0.717) is 36.8 Å². The first-order valence-corrected chi connectivity index (χ1v) is 9.63. The van der Waals surface area contributed by atoms with Crippen LogP contribution in [0.2, 0.25) is 5.02 Å². The average molecular weight is 396 g/mol. The number of benzene rings is 2. The quantitative estimate of drug-likeness (QED) is 0.738. The maximum absolute atomic E-state index is 13.1. The number of fused-ring (bicyclic) bond motifs is 1. The van der Waals surface area contributed by atoms with E-state index in [9.17, 15) is 4.79 Å². The summed E-state index contributed by atoms with van der Waals surface area (Å²) in [4.78, 5) is 25.9. The molecule has 1 aliphatic heterocycles. The molecule has 0 spiro atoms. The highest BCUT2D eigenvalue weighted by molar-refractivity contribution is 6.30. The highest BCUT2D eigenvalue weighted by Crippen LogP contribution is 2.26. The van der Waals surface area contributed by atoms with Gasteiger partial charge in [0.2, 0.25) is 5.91 Å². The molecular formula is C21H22ClN5O. The first-order valence-electron chi connectivity index (χ1n) is 9.26. The fraction of sp³-hybridized carbons (Fsp3) is 0.286. The lowest BCUT2D eigenvalue weighted by Gasteiger charge is -2.39. The van der Waals surface area contributed by atoms with E-state index >= 15 is 0 Å². The molecule has 1 aromatic heterocycles. The van der Waals surface area contributed by atoms with Crippen molar-refractivity contribution < 1.29 is 4.79 Å². The fourth-order valence-corrected chi connectivity index (χ4v) is 3.82. The van der Waals surface area contributed by atoms with Crippen molar-refractivity contribution in [2.24, 2.45) is 5.73 Å². The Balaban J connectivity index is 1.50. The molecule has 0 unspecified atom stereocenters. The number of amides is 1. The van der Waals surface area contributed by atoms with Crippen molar-refractivity contribution in [3.05, 3.63) is 65.4 Å². The minimum absolute atomic E-state index is 0.0954. The summed E-state index contributed by atoms with van der Waals surface area (Å²) < 4.78 is 0. The van der Waals surface area contributed by atoms with Gasteiger partial charge in [0, 0.05) is 36.6 Å². The largest absolute Gasteiger partial charge is 0.352 e. The molecule has 1 saturated heterocycles. The molecule has 1 aliphatic rings. The second-order valence-electron chi connectivity index (χ2n) is 7.21. The molecule has 2 N–H and O–H groups in total. The van der Waals surface area contributed by atoms with Crippen molar-refractivity contribution in [2.45, 2.75) is 12.5 Å². The highest BCUT2D eigenvalue weighted by Gasteiger charge is 2.36. The van der Waals surface area contributed by atoms with Crippen LogP contribution in [0.25, 0.3) is 10.9 Å². The van der Waals surface area contributed by atoms with Gasteiger partial charge in [-0.1, -0.05) is 35.9 Å². The Morgan fingerprint density at radius 3 is 2.57 bits per heavy atom. The van der Waals surface area contributed by atoms with Crippen molar-refractivity contribution in [3.8, 4) is 0 Å². The molecular weight excluding hydrogens is 374 g/mol. The van der Waals surface area contributed by atoms with E-state index in [2.05, 4.69) is 14.9 Å². The smallest absolute Gasteiger partial charge is 0.247 e. The Morgan fingerprint density at radius 2 is 1.82 bits per heavy atom. The molecule has 7 heteroatoms. The molecule has 0 bridgehead atoms. The second kappa shape index (κ2) is 7.37. The van der Waals surface area contributed by atoms with Crippen molar-refractivity contribution in [3.63, 3.8) is 0 Å². The predicted molar refractivity (Wildman–Crippen MR) is 111 cm³/mol. The zero-order valence-corrected chi connectivity index (χ0v) is 16.4. The van der Waals surface area contributed by atoms with Crippen LogP contribution in [0.1, 0.15) is 12.5 Å². The number of carbonyl (C=O) groups excluding carboxylic acids is 1. The lowest BCUT2D eigenvalue weighted by atomic mass is 9.91. The molecule has 144 valence electrons. The first-order chi connectivity index (χ1) is 13.5. The SMILES string of the molecule is C[C@](N)(C(=O)N1CCN(c2ncnc3ccccc23)CC1)c1cccc(Cl)c1. The normalized spacial score (nSPS) is 16.8. The zero-order chi connectivity index (χ0) is 19.7. The summed E-state index contributed by atoms with van der Waals surface area (Å²) in [6, 6.07) is 15.1. The van der Waals surface area contributed by atoms with Crippen LogP contribution in [-0.4, -0.2) is 47.0 Å². The van der Waals surface area contributed by atoms with Crippen molar-refractivity contribution in [1.82, 2.24) is 14.9 Å². The van der Waals surface area contributed by atoms with Crippen LogP contribution < -0.4 is 10.6 Å². The number of rotatable bonds is 3. The Bertz CT molecular complexity index is 1010. The van der Waals surface area contributed by atoms with Gasteiger partial charge in [0.15, 0.2) is 0 Å². The van der Waals surface area contributed by atoms with Crippen LogP contribution in [0.3, 0.4) is 0 Å². The lowest BCUT2D eigenvalue weighted by molar-refractivity contribution is -0.137. The van der Waals surface area contributed by atoms with Gasteiger partial charge >= 0.3 is 0 Å². The molecule has 2 heterocycles. The minimum atomic E-state index is -1.12. The van der Waals surface area contributed by atoms with E-state index in [0.717, 1.165) is 16.7 Å². The Morgan fingerprint density at radius 1 is 1.07 bits per heavy atom. The van der Waals surface area contributed by atoms with Crippen molar-refractivity contribution in [2.75, 3.05) is 31.1 Å². The summed E-state index contributed by atoms with van der Waals surface area (Å²) in [5.74, 6) is 0.810. The molecule has 3 aromatic rings. The number of para-hydroxylation sites is 1. The minimum Gasteiger partial charge on any atom is -0.352 e. The summed E-state index contributed by atoms with van der Waals surface area (Å²) in [5.41, 5.74) is 6.94. The lowest BCUT2D eigenvalue weighted by Crippen LogP contribution is -2.57. The number of nitrogens with two attached hydrogens (primary N) is 1. The van der Waals surface area contributed by atoms with E-state index in [1.165, 1.54) is 0 Å². The second-order valence-corrected chi connectivity index (χ2v) is 7.64. The molecule has 0 aliphatic carbocycles. The number of nitrogens with zero attached hydrogens (tertiary/aromatic N) is 4. The highest BCUT2D eigenvalue weighted by atomic mass is 35.5. The van der Waals surface area contributed by atoms with Gasteiger partial charge in [-0.25, -0.2) is 9.97 Å². The standard InChI is InChI=1S/C21H22ClN5O/c1-21(23,15-5-4-6-16(22)13-15)20(28)27-11-9-26(10-12-27)19-17-7-2-3-8-18(17)24-14-25-19/h2-8,13-14H,9-12,23H2,1H3/t21-/m1/s1. The van der Waals surface area contributed by atoms with E-state index < -0.39 is 5.54 Å². The maximum atomic E-state index is 13.1. The first kappa shape index (κ1) is 18.7. The Labute approximate surface area is 168 Å². The van der Waals surface area contributed by atoms with Crippen LogP contribution in [0.15, 0.2) is 54.9 Å². The van der Waals surface area contributed by atoms with Crippen LogP contribution in [-0.2, 0) is 10.3 Å². The fourth-order valence-electron chi connectivity index (χ4n) is 3.63. The van der Waals surface area contributed by atoms with E-state index in [1.54, 1.807) is 25.4 Å². The molecule has 1 fully saturated rings. The van der Waals surface area contributed by atoms with Gasteiger partial charge in [-0.05, 0) is 36.8 Å². The third kappa shape index (κ3) is 3.41. The number of hydrogen-bond donors (Lipinski definition) is 1. The van der Waals surface area contributed by atoms with Crippen LogP contribution in [0.4, 0.5) is 5.82 Å². The average Bonchev–Trinajstić information content (AvgIpc) is 2.73. The van der Waals surface area contributed by atoms with Gasteiger partial charge in [-0.2, -0.15) is 0 Å². The zero-order valence-electron chi connectivity index (χ0n) is 15.7. The summed E-state index contributed by atoms with van der Waals surface area (Å²) in [5, 5.41) is 1.59. The van der Waals surface area contributed by atoms with Gasteiger partial charge in [0.25, 0.3) is 0 Å². The summed E-state index contributed by atoms with van der Waals surface area (Å²) in [6.45, 7) is 4.30. The van der Waals surface area contributed by atoms with Crippen LogP contribution in [0, 0.1) is 0 Å².